The Morgan fingerprint density at radius 2 is 1.62 bits per heavy atom. The van der Waals surface area contributed by atoms with Gasteiger partial charge in [-0.05, 0) is 63.2 Å². The molecule has 1 saturated heterocycles. The number of nitrogens with one attached hydrogen (secondary N) is 2. The summed E-state index contributed by atoms with van der Waals surface area (Å²) in [5, 5.41) is 5.00. The Kier molecular flexibility index (Phi) is 9.15. The van der Waals surface area contributed by atoms with Crippen LogP contribution in [0.25, 0.3) is 0 Å². The molecule has 0 radical (unpaired) electrons. The molecule has 226 valence electrons. The van der Waals surface area contributed by atoms with Crippen LogP contribution in [0.5, 0.6) is 0 Å². The Morgan fingerprint density at radius 3 is 2.15 bits per heavy atom. The maximum absolute atomic E-state index is 14.0. The highest BCUT2D eigenvalue weighted by atomic mass is 19.4. The van der Waals surface area contributed by atoms with Gasteiger partial charge in [0, 0.05) is 13.0 Å². The third kappa shape index (κ3) is 7.45. The van der Waals surface area contributed by atoms with Crippen molar-refractivity contribution in [1.29, 1.82) is 0 Å². The number of carbonyl (C=O) groups excluding carboxylic acids is 5. The number of ether oxygens (including phenoxy) is 1. The van der Waals surface area contributed by atoms with Crippen LogP contribution in [0.2, 0.25) is 0 Å². The number of primary amides is 1. The van der Waals surface area contributed by atoms with Gasteiger partial charge in [-0.1, -0.05) is 33.1 Å². The predicted octanol–water partition coefficient (Wildman–Crippen LogP) is 2.82. The van der Waals surface area contributed by atoms with Gasteiger partial charge in [0.1, 0.15) is 17.7 Å². The lowest BCUT2D eigenvalue weighted by molar-refractivity contribution is -0.147. The quantitative estimate of drug-likeness (QED) is 0.361. The van der Waals surface area contributed by atoms with E-state index in [2.05, 4.69) is 10.6 Å². The lowest BCUT2D eigenvalue weighted by Crippen LogP contribution is -2.59. The molecule has 1 aliphatic heterocycles. The van der Waals surface area contributed by atoms with Crippen molar-refractivity contribution in [1.82, 2.24) is 15.5 Å². The second-order valence-electron chi connectivity index (χ2n) is 12.9. The number of Topliss-reactive ketones (excluding diaryl/α,β-unsaturated/α-hetero) is 1. The van der Waals surface area contributed by atoms with Gasteiger partial charge in [-0.3, -0.25) is 19.2 Å². The van der Waals surface area contributed by atoms with E-state index in [0.29, 0.717) is 12.8 Å². The summed E-state index contributed by atoms with van der Waals surface area (Å²) >= 11 is 0. The van der Waals surface area contributed by atoms with Crippen molar-refractivity contribution in [3.05, 3.63) is 0 Å². The first kappa shape index (κ1) is 31.7. The van der Waals surface area contributed by atoms with Gasteiger partial charge < -0.3 is 26.0 Å². The second-order valence-corrected chi connectivity index (χ2v) is 12.9. The summed E-state index contributed by atoms with van der Waals surface area (Å²) in [5.74, 6) is -4.65. The molecule has 0 aromatic heterocycles. The molecule has 10 nitrogen and oxygen atoms in total. The number of piperidine rings is 1. The molecule has 0 spiro atoms. The molecule has 0 aromatic rings. The molecule has 0 bridgehead atoms. The summed E-state index contributed by atoms with van der Waals surface area (Å²) < 4.78 is 44.1. The van der Waals surface area contributed by atoms with Gasteiger partial charge in [-0.2, -0.15) is 13.2 Å². The molecule has 3 aliphatic rings. The Labute approximate surface area is 232 Å². The highest BCUT2D eigenvalue weighted by Crippen LogP contribution is 2.65. The van der Waals surface area contributed by atoms with Crippen LogP contribution in [-0.2, 0) is 23.9 Å². The van der Waals surface area contributed by atoms with Crippen LogP contribution in [-0.4, -0.2) is 70.9 Å². The lowest BCUT2D eigenvalue weighted by atomic mass is 9.83. The van der Waals surface area contributed by atoms with E-state index < -0.39 is 72.3 Å². The van der Waals surface area contributed by atoms with E-state index in [1.54, 1.807) is 20.8 Å². The van der Waals surface area contributed by atoms with Crippen LogP contribution in [0.4, 0.5) is 18.0 Å². The van der Waals surface area contributed by atoms with Crippen molar-refractivity contribution in [3.8, 4) is 0 Å². The first-order valence-electron chi connectivity index (χ1n) is 13.8. The number of nitrogens with two attached hydrogens (primary N) is 1. The minimum Gasteiger partial charge on any atom is -0.444 e. The number of nitrogens with zero attached hydrogens (tertiary/aromatic N) is 1. The topological polar surface area (TPSA) is 148 Å². The highest BCUT2D eigenvalue weighted by Gasteiger charge is 2.69. The van der Waals surface area contributed by atoms with Crippen LogP contribution >= 0.6 is 0 Å². The van der Waals surface area contributed by atoms with Gasteiger partial charge in [0.05, 0.1) is 6.04 Å². The zero-order valence-electron chi connectivity index (χ0n) is 23.7. The van der Waals surface area contributed by atoms with Crippen LogP contribution < -0.4 is 16.4 Å². The van der Waals surface area contributed by atoms with Crippen molar-refractivity contribution in [3.63, 3.8) is 0 Å². The molecule has 3 fully saturated rings. The Hall–Kier alpha value is -2.86. The van der Waals surface area contributed by atoms with E-state index in [4.69, 9.17) is 10.5 Å². The van der Waals surface area contributed by atoms with Gasteiger partial charge in [-0.25, -0.2) is 4.79 Å². The molecule has 5 atom stereocenters. The molecule has 4 amide bonds. The summed E-state index contributed by atoms with van der Waals surface area (Å²) in [6.07, 6.45) is -3.51. The average Bonchev–Trinajstić information content (AvgIpc) is 3.15. The van der Waals surface area contributed by atoms with Gasteiger partial charge >= 0.3 is 12.3 Å². The maximum Gasteiger partial charge on any atom is 0.408 e. The number of hydrogen-bond acceptors (Lipinski definition) is 6. The molecule has 1 heterocycles. The number of halogens is 3. The van der Waals surface area contributed by atoms with Crippen LogP contribution in [0.15, 0.2) is 0 Å². The van der Waals surface area contributed by atoms with Crippen LogP contribution in [0, 0.1) is 23.2 Å². The van der Waals surface area contributed by atoms with E-state index in [1.165, 1.54) is 4.90 Å². The molecule has 0 aromatic carbocycles. The van der Waals surface area contributed by atoms with E-state index in [-0.39, 0.29) is 29.7 Å². The lowest BCUT2D eigenvalue weighted by Gasteiger charge is -2.37. The van der Waals surface area contributed by atoms with Gasteiger partial charge in [0.2, 0.25) is 17.6 Å². The van der Waals surface area contributed by atoms with E-state index in [9.17, 15) is 37.1 Å². The fourth-order valence-electron chi connectivity index (χ4n) is 6.28. The number of hydrogen-bond donors (Lipinski definition) is 3. The fourth-order valence-corrected chi connectivity index (χ4v) is 6.28. The zero-order chi connectivity index (χ0) is 30.2. The summed E-state index contributed by atoms with van der Waals surface area (Å²) in [5.41, 5.74) is 3.91. The normalized spacial score (nSPS) is 25.8. The van der Waals surface area contributed by atoms with E-state index in [0.717, 1.165) is 19.3 Å². The van der Waals surface area contributed by atoms with Gasteiger partial charge in [-0.15, -0.1) is 0 Å². The number of rotatable bonds is 9. The van der Waals surface area contributed by atoms with Crippen molar-refractivity contribution in [2.24, 2.45) is 28.9 Å². The summed E-state index contributed by atoms with van der Waals surface area (Å²) in [6, 6.07) is -3.83. The fraction of sp³-hybridized carbons (Fsp3) is 0.815. The molecule has 2 unspecified atom stereocenters. The average molecular weight is 575 g/mol. The number of fused-ring (bicyclic) bond motifs is 1. The van der Waals surface area contributed by atoms with Crippen molar-refractivity contribution < 1.29 is 41.9 Å². The number of alkyl carbamates (subject to hydrolysis) is 1. The zero-order valence-corrected chi connectivity index (χ0v) is 23.7. The van der Waals surface area contributed by atoms with E-state index in [1.807, 2.05) is 13.8 Å². The SMILES string of the molecule is CC(C)(C)OC(=O)N[C@H](C(=O)N1CC2[C@@H]([C@H]1C(=O)NC(CCC(F)(F)F)C(=O)C(N)=O)C2(C)C)C1CCCCC1. The highest BCUT2D eigenvalue weighted by molar-refractivity contribution is 6.37. The molecule has 40 heavy (non-hydrogen) atoms. The standard InChI is InChI=1S/C27H41F3N4O6/c1-25(2,3)40-24(39)33-18(14-9-7-6-8-10-14)23(38)34-13-15-17(26(15,4)5)19(34)22(37)32-16(20(35)21(31)36)11-12-27(28,29)30/h14-19H,6-13H2,1-5H3,(H2,31,36)(H,32,37)(H,33,39)/t15?,16?,17-,18-,19-/m0/s1. The Morgan fingerprint density at radius 1 is 1.02 bits per heavy atom. The Bertz CT molecular complexity index is 1020. The first-order chi connectivity index (χ1) is 18.3. The summed E-state index contributed by atoms with van der Waals surface area (Å²) in [6.45, 7) is 9.16. The van der Waals surface area contributed by atoms with Crippen LogP contribution in [0.1, 0.15) is 79.6 Å². The molecule has 13 heteroatoms. The third-order valence-electron chi connectivity index (χ3n) is 8.41. The van der Waals surface area contributed by atoms with Gasteiger partial charge in [0.15, 0.2) is 0 Å². The second kappa shape index (κ2) is 11.6. The molecule has 2 saturated carbocycles. The van der Waals surface area contributed by atoms with Crippen LogP contribution in [0.3, 0.4) is 0 Å². The minimum absolute atomic E-state index is 0.0544. The first-order valence-corrected chi connectivity index (χ1v) is 13.8. The summed E-state index contributed by atoms with van der Waals surface area (Å²) in [7, 11) is 0. The summed E-state index contributed by atoms with van der Waals surface area (Å²) in [4.78, 5) is 65.4. The van der Waals surface area contributed by atoms with Crippen molar-refractivity contribution >= 4 is 29.6 Å². The number of alkyl halides is 3. The molecular weight excluding hydrogens is 533 g/mol. The smallest absolute Gasteiger partial charge is 0.408 e. The number of carbonyl (C=O) groups is 5. The number of amides is 4. The predicted molar refractivity (Wildman–Crippen MR) is 137 cm³/mol. The number of ketones is 1. The molecule has 4 N–H and O–H groups in total. The maximum atomic E-state index is 14.0. The van der Waals surface area contributed by atoms with Crippen molar-refractivity contribution in [2.45, 2.75) is 109 Å². The number of likely N-dealkylation sites (tertiary alicyclic amines) is 1. The van der Waals surface area contributed by atoms with E-state index >= 15 is 0 Å². The minimum atomic E-state index is -4.62. The Balaban J connectivity index is 1.86. The molecular formula is C27H41F3N4O6. The van der Waals surface area contributed by atoms with Crippen molar-refractivity contribution in [2.75, 3.05) is 6.54 Å². The third-order valence-corrected chi connectivity index (χ3v) is 8.41. The van der Waals surface area contributed by atoms with Gasteiger partial charge in [0.25, 0.3) is 5.91 Å². The monoisotopic (exact) mass is 574 g/mol. The molecule has 2 aliphatic carbocycles. The molecule has 3 rings (SSSR count). The largest absolute Gasteiger partial charge is 0.444 e.